The van der Waals surface area contributed by atoms with Crippen molar-refractivity contribution in [2.24, 2.45) is 5.73 Å². The minimum absolute atomic E-state index is 0.138. The lowest BCUT2D eigenvalue weighted by atomic mass is 10.0. The monoisotopic (exact) mass is 245 g/mol. The first-order chi connectivity index (χ1) is 8.60. The summed E-state index contributed by atoms with van der Waals surface area (Å²) in [6.07, 6.45) is 1.47. The lowest BCUT2D eigenvalue weighted by molar-refractivity contribution is 0.375. The van der Waals surface area contributed by atoms with Gasteiger partial charge in [0.25, 0.3) is 0 Å². The van der Waals surface area contributed by atoms with Gasteiger partial charge in [0, 0.05) is 0 Å². The number of hydrogen-bond donors (Lipinski definition) is 1. The van der Waals surface area contributed by atoms with Crippen molar-refractivity contribution >= 4 is 0 Å². The standard InChI is InChI=1S/C14H19N3O/c1-4-12(15)14-16-13(18-17-14)8-11-7-9(2)5-6-10(11)3/h5-7,12H,4,8,15H2,1-3H3. The molecule has 2 rings (SSSR count). The molecule has 0 aliphatic carbocycles. The minimum Gasteiger partial charge on any atom is -0.339 e. The number of hydrogen-bond acceptors (Lipinski definition) is 4. The lowest BCUT2D eigenvalue weighted by Crippen LogP contribution is -2.10. The fourth-order valence-electron chi connectivity index (χ4n) is 1.83. The van der Waals surface area contributed by atoms with Crippen LogP contribution in [0.25, 0.3) is 0 Å². The molecule has 1 atom stereocenters. The van der Waals surface area contributed by atoms with Crippen LogP contribution in [0.2, 0.25) is 0 Å². The van der Waals surface area contributed by atoms with Gasteiger partial charge in [-0.1, -0.05) is 35.8 Å². The van der Waals surface area contributed by atoms with Crippen LogP contribution in [0.1, 0.15) is 47.8 Å². The summed E-state index contributed by atoms with van der Waals surface area (Å²) in [5.74, 6) is 1.22. The normalized spacial score (nSPS) is 12.7. The number of nitrogens with zero attached hydrogens (tertiary/aromatic N) is 2. The second-order valence-electron chi connectivity index (χ2n) is 4.67. The maximum atomic E-state index is 5.87. The molecule has 2 N–H and O–H groups in total. The van der Waals surface area contributed by atoms with Crippen LogP contribution in [-0.2, 0) is 6.42 Å². The Labute approximate surface area is 107 Å². The first-order valence-electron chi connectivity index (χ1n) is 6.24. The summed E-state index contributed by atoms with van der Waals surface area (Å²) in [6.45, 7) is 6.17. The third-order valence-electron chi connectivity index (χ3n) is 3.10. The van der Waals surface area contributed by atoms with E-state index in [0.29, 0.717) is 18.1 Å². The zero-order valence-electron chi connectivity index (χ0n) is 11.1. The molecule has 0 saturated carbocycles. The Kier molecular flexibility index (Phi) is 3.77. The smallest absolute Gasteiger partial charge is 0.231 e. The predicted octanol–water partition coefficient (Wildman–Crippen LogP) is 2.69. The molecular formula is C14H19N3O. The lowest BCUT2D eigenvalue weighted by Gasteiger charge is -2.04. The van der Waals surface area contributed by atoms with Crippen LogP contribution in [-0.4, -0.2) is 10.1 Å². The van der Waals surface area contributed by atoms with Crippen molar-refractivity contribution in [2.75, 3.05) is 0 Å². The molecule has 0 amide bonds. The largest absolute Gasteiger partial charge is 0.339 e. The van der Waals surface area contributed by atoms with Crippen LogP contribution in [0.5, 0.6) is 0 Å². The molecule has 0 radical (unpaired) electrons. The zero-order chi connectivity index (χ0) is 13.1. The van der Waals surface area contributed by atoms with Gasteiger partial charge in [-0.25, -0.2) is 0 Å². The Bertz CT molecular complexity index is 534. The van der Waals surface area contributed by atoms with Gasteiger partial charge in [0.1, 0.15) is 0 Å². The highest BCUT2D eigenvalue weighted by Crippen LogP contribution is 2.16. The van der Waals surface area contributed by atoms with E-state index in [1.807, 2.05) is 6.92 Å². The average Bonchev–Trinajstić information content (AvgIpc) is 2.81. The van der Waals surface area contributed by atoms with Crippen molar-refractivity contribution in [3.8, 4) is 0 Å². The molecule has 18 heavy (non-hydrogen) atoms. The minimum atomic E-state index is -0.138. The number of aromatic nitrogens is 2. The van der Waals surface area contributed by atoms with E-state index in [1.54, 1.807) is 0 Å². The summed E-state index contributed by atoms with van der Waals surface area (Å²) in [5.41, 5.74) is 9.56. The van der Waals surface area contributed by atoms with E-state index in [0.717, 1.165) is 6.42 Å². The van der Waals surface area contributed by atoms with Gasteiger partial charge in [-0.3, -0.25) is 0 Å². The third kappa shape index (κ3) is 2.76. The van der Waals surface area contributed by atoms with Crippen molar-refractivity contribution in [3.05, 3.63) is 46.6 Å². The van der Waals surface area contributed by atoms with E-state index in [1.165, 1.54) is 16.7 Å². The molecule has 1 heterocycles. The SMILES string of the molecule is CCC(N)c1noc(Cc2cc(C)ccc2C)n1. The highest BCUT2D eigenvalue weighted by Gasteiger charge is 2.13. The Morgan fingerprint density at radius 2 is 2.11 bits per heavy atom. The molecule has 0 aliphatic heterocycles. The summed E-state index contributed by atoms with van der Waals surface area (Å²) >= 11 is 0. The van der Waals surface area contributed by atoms with Crippen LogP contribution in [0.4, 0.5) is 0 Å². The van der Waals surface area contributed by atoms with E-state index in [4.69, 9.17) is 10.3 Å². The molecule has 0 saturated heterocycles. The maximum absolute atomic E-state index is 5.87. The second kappa shape index (κ2) is 5.31. The van der Waals surface area contributed by atoms with Gasteiger partial charge in [0.05, 0.1) is 12.5 Å². The van der Waals surface area contributed by atoms with E-state index in [2.05, 4.69) is 42.2 Å². The van der Waals surface area contributed by atoms with Gasteiger partial charge >= 0.3 is 0 Å². The summed E-state index contributed by atoms with van der Waals surface area (Å²) < 4.78 is 5.25. The highest BCUT2D eigenvalue weighted by atomic mass is 16.5. The molecule has 0 spiro atoms. The van der Waals surface area contributed by atoms with Crippen LogP contribution in [0, 0.1) is 13.8 Å². The molecule has 2 aromatic rings. The summed E-state index contributed by atoms with van der Waals surface area (Å²) in [4.78, 5) is 4.34. The number of benzene rings is 1. The van der Waals surface area contributed by atoms with Gasteiger partial charge in [0.2, 0.25) is 5.89 Å². The van der Waals surface area contributed by atoms with Crippen molar-refractivity contribution < 1.29 is 4.52 Å². The Hall–Kier alpha value is -1.68. The highest BCUT2D eigenvalue weighted by molar-refractivity contribution is 5.32. The molecule has 1 aromatic heterocycles. The van der Waals surface area contributed by atoms with Crippen molar-refractivity contribution in [1.29, 1.82) is 0 Å². The number of aryl methyl sites for hydroxylation is 2. The van der Waals surface area contributed by atoms with Gasteiger partial charge in [-0.2, -0.15) is 4.98 Å². The Morgan fingerprint density at radius 3 is 2.83 bits per heavy atom. The predicted molar refractivity (Wildman–Crippen MR) is 70.2 cm³/mol. The van der Waals surface area contributed by atoms with E-state index in [-0.39, 0.29) is 6.04 Å². The third-order valence-corrected chi connectivity index (χ3v) is 3.10. The van der Waals surface area contributed by atoms with E-state index >= 15 is 0 Å². The molecular weight excluding hydrogens is 226 g/mol. The first kappa shape index (κ1) is 12.8. The molecule has 4 heteroatoms. The summed E-state index contributed by atoms with van der Waals surface area (Å²) in [6, 6.07) is 6.23. The van der Waals surface area contributed by atoms with Crippen molar-refractivity contribution in [3.63, 3.8) is 0 Å². The molecule has 1 aromatic carbocycles. The molecule has 1 unspecified atom stereocenters. The maximum Gasteiger partial charge on any atom is 0.231 e. The average molecular weight is 245 g/mol. The number of rotatable bonds is 4. The Balaban J connectivity index is 2.18. The van der Waals surface area contributed by atoms with Crippen LogP contribution < -0.4 is 5.73 Å². The van der Waals surface area contributed by atoms with Crippen molar-refractivity contribution in [1.82, 2.24) is 10.1 Å². The zero-order valence-corrected chi connectivity index (χ0v) is 11.1. The van der Waals surface area contributed by atoms with Crippen LogP contribution >= 0.6 is 0 Å². The van der Waals surface area contributed by atoms with Gasteiger partial charge in [-0.15, -0.1) is 0 Å². The van der Waals surface area contributed by atoms with Crippen molar-refractivity contribution in [2.45, 2.75) is 39.7 Å². The van der Waals surface area contributed by atoms with E-state index in [9.17, 15) is 0 Å². The van der Waals surface area contributed by atoms with Crippen LogP contribution in [0.3, 0.4) is 0 Å². The fraction of sp³-hybridized carbons (Fsp3) is 0.429. The fourth-order valence-corrected chi connectivity index (χ4v) is 1.83. The van der Waals surface area contributed by atoms with Gasteiger partial charge in [0.15, 0.2) is 5.82 Å². The number of nitrogens with two attached hydrogens (primary N) is 1. The first-order valence-corrected chi connectivity index (χ1v) is 6.24. The van der Waals surface area contributed by atoms with Gasteiger partial charge < -0.3 is 10.3 Å². The summed E-state index contributed by atoms with van der Waals surface area (Å²) in [5, 5.41) is 3.92. The second-order valence-corrected chi connectivity index (χ2v) is 4.67. The molecule has 4 nitrogen and oxygen atoms in total. The van der Waals surface area contributed by atoms with Crippen LogP contribution in [0.15, 0.2) is 22.7 Å². The molecule has 0 bridgehead atoms. The Morgan fingerprint density at radius 1 is 1.33 bits per heavy atom. The quantitative estimate of drug-likeness (QED) is 0.899. The topological polar surface area (TPSA) is 64.9 Å². The summed E-state index contributed by atoms with van der Waals surface area (Å²) in [7, 11) is 0. The van der Waals surface area contributed by atoms with E-state index < -0.39 is 0 Å². The molecule has 96 valence electrons. The van der Waals surface area contributed by atoms with Gasteiger partial charge in [-0.05, 0) is 31.4 Å². The molecule has 0 fully saturated rings. The molecule has 0 aliphatic rings.